The third-order valence-electron chi connectivity index (χ3n) is 1.32. The van der Waals surface area contributed by atoms with Crippen molar-refractivity contribution < 1.29 is 0 Å². The van der Waals surface area contributed by atoms with E-state index in [1.54, 1.807) is 18.5 Å². The van der Waals surface area contributed by atoms with Crippen molar-refractivity contribution in [2.45, 2.75) is 20.8 Å². The maximum atomic E-state index is 4.12. The summed E-state index contributed by atoms with van der Waals surface area (Å²) < 4.78 is 0. The highest BCUT2D eigenvalue weighted by molar-refractivity contribution is 5.65. The molecule has 0 aliphatic carbocycles. The van der Waals surface area contributed by atoms with Crippen LogP contribution in [0.25, 0.3) is 11.6 Å². The van der Waals surface area contributed by atoms with Crippen molar-refractivity contribution in [2.75, 3.05) is 0 Å². The van der Waals surface area contributed by atoms with Crippen molar-refractivity contribution in [1.82, 2.24) is 9.97 Å². The van der Waals surface area contributed by atoms with Gasteiger partial charge in [-0.3, -0.25) is 9.97 Å². The molecule has 0 saturated carbocycles. The number of hydrogen-bond acceptors (Lipinski definition) is 2. The molecular formula is C11H16N2. The summed E-state index contributed by atoms with van der Waals surface area (Å²) in [6.07, 6.45) is 4.97. The van der Waals surface area contributed by atoms with Gasteiger partial charge in [0.05, 0.1) is 11.4 Å². The predicted octanol–water partition coefficient (Wildman–Crippen LogP) is 3.18. The third kappa shape index (κ3) is 3.20. The Morgan fingerprint density at radius 2 is 1.85 bits per heavy atom. The van der Waals surface area contributed by atoms with Crippen LogP contribution in [0, 0.1) is 0 Å². The van der Waals surface area contributed by atoms with Crippen LogP contribution in [0.15, 0.2) is 25.6 Å². The Morgan fingerprint density at radius 3 is 2.23 bits per heavy atom. The molecule has 0 saturated heterocycles. The number of rotatable bonds is 2. The third-order valence-corrected chi connectivity index (χ3v) is 1.32. The average Bonchev–Trinajstić information content (AvgIpc) is 2.20. The van der Waals surface area contributed by atoms with Crippen LogP contribution in [0.4, 0.5) is 0 Å². The number of aromatic nitrogens is 2. The molecule has 0 aliphatic heterocycles. The van der Waals surface area contributed by atoms with Crippen molar-refractivity contribution in [3.8, 4) is 0 Å². The molecule has 2 nitrogen and oxygen atoms in total. The molecule has 0 aliphatic rings. The van der Waals surface area contributed by atoms with E-state index < -0.39 is 0 Å². The first-order chi connectivity index (χ1) is 6.25. The molecule has 0 unspecified atom stereocenters. The van der Waals surface area contributed by atoms with E-state index in [1.807, 2.05) is 20.8 Å². The summed E-state index contributed by atoms with van der Waals surface area (Å²) in [5.74, 6) is 0. The van der Waals surface area contributed by atoms with Crippen LogP contribution >= 0.6 is 0 Å². The second-order valence-electron chi connectivity index (χ2n) is 2.27. The average molecular weight is 176 g/mol. The summed E-state index contributed by atoms with van der Waals surface area (Å²) in [4.78, 5) is 8.19. The second kappa shape index (κ2) is 6.12. The molecule has 0 spiro atoms. The number of hydrogen-bond donors (Lipinski definition) is 0. The molecule has 1 rings (SSSR count). The Kier molecular flexibility index (Phi) is 5.44. The summed E-state index contributed by atoms with van der Waals surface area (Å²) in [5, 5.41) is 0. The van der Waals surface area contributed by atoms with Crippen molar-refractivity contribution in [1.29, 1.82) is 0 Å². The Bertz CT molecular complexity index is 290. The van der Waals surface area contributed by atoms with E-state index >= 15 is 0 Å². The van der Waals surface area contributed by atoms with Crippen molar-refractivity contribution >= 4 is 11.6 Å². The van der Waals surface area contributed by atoms with Gasteiger partial charge in [0.1, 0.15) is 0 Å². The van der Waals surface area contributed by atoms with Gasteiger partial charge in [0, 0.05) is 12.4 Å². The highest BCUT2D eigenvalue weighted by Crippen LogP contribution is 2.11. The first kappa shape index (κ1) is 11.6. The summed E-state index contributed by atoms with van der Waals surface area (Å²) >= 11 is 0. The SMILES string of the molecule is C=Cc1nccnc1C(=C)C.CC. The lowest BCUT2D eigenvalue weighted by molar-refractivity contribution is 1.14. The van der Waals surface area contributed by atoms with Gasteiger partial charge >= 0.3 is 0 Å². The van der Waals surface area contributed by atoms with E-state index in [9.17, 15) is 0 Å². The quantitative estimate of drug-likeness (QED) is 0.691. The van der Waals surface area contributed by atoms with Crippen LogP contribution in [-0.2, 0) is 0 Å². The van der Waals surface area contributed by atoms with Gasteiger partial charge in [-0.15, -0.1) is 0 Å². The summed E-state index contributed by atoms with van der Waals surface area (Å²) in [7, 11) is 0. The smallest absolute Gasteiger partial charge is 0.0909 e. The fourth-order valence-electron chi connectivity index (χ4n) is 0.827. The van der Waals surface area contributed by atoms with Crippen molar-refractivity contribution in [3.63, 3.8) is 0 Å². The lowest BCUT2D eigenvalue weighted by Gasteiger charge is -2.00. The van der Waals surface area contributed by atoms with Gasteiger partial charge in [-0.25, -0.2) is 0 Å². The lowest BCUT2D eigenvalue weighted by atomic mass is 10.2. The maximum Gasteiger partial charge on any atom is 0.0909 e. The van der Waals surface area contributed by atoms with Crippen LogP contribution in [0.2, 0.25) is 0 Å². The van der Waals surface area contributed by atoms with E-state index in [-0.39, 0.29) is 0 Å². The molecule has 0 N–H and O–H groups in total. The van der Waals surface area contributed by atoms with Gasteiger partial charge in [-0.2, -0.15) is 0 Å². The Hall–Kier alpha value is -1.44. The molecule has 1 aromatic heterocycles. The van der Waals surface area contributed by atoms with Gasteiger partial charge in [0.2, 0.25) is 0 Å². The zero-order chi connectivity index (χ0) is 10.3. The molecule has 1 aromatic rings. The zero-order valence-electron chi connectivity index (χ0n) is 8.54. The first-order valence-electron chi connectivity index (χ1n) is 4.35. The van der Waals surface area contributed by atoms with Gasteiger partial charge in [0.25, 0.3) is 0 Å². The minimum Gasteiger partial charge on any atom is -0.253 e. The Labute approximate surface area is 80.1 Å². The Balaban J connectivity index is 0.000000671. The molecule has 0 aromatic carbocycles. The standard InChI is InChI=1S/C9H10N2.C2H6/c1-4-8-9(7(2)3)11-6-5-10-8;1-2/h4-6H,1-2H2,3H3;1-2H3. The number of allylic oxidation sites excluding steroid dienone is 1. The van der Waals surface area contributed by atoms with E-state index in [4.69, 9.17) is 0 Å². The van der Waals surface area contributed by atoms with Crippen LogP contribution in [0.3, 0.4) is 0 Å². The lowest BCUT2D eigenvalue weighted by Crippen LogP contribution is -1.91. The molecule has 2 heteroatoms. The summed E-state index contributed by atoms with van der Waals surface area (Å²) in [5.41, 5.74) is 2.52. The predicted molar refractivity (Wildman–Crippen MR) is 58.2 cm³/mol. The molecule has 0 atom stereocenters. The van der Waals surface area contributed by atoms with E-state index in [2.05, 4.69) is 23.1 Å². The highest BCUT2D eigenvalue weighted by Gasteiger charge is 1.99. The molecule has 0 bridgehead atoms. The van der Waals surface area contributed by atoms with Crippen LogP contribution in [-0.4, -0.2) is 9.97 Å². The summed E-state index contributed by atoms with van der Waals surface area (Å²) in [6.45, 7) is 13.3. The molecule has 13 heavy (non-hydrogen) atoms. The maximum absolute atomic E-state index is 4.12. The molecule has 1 heterocycles. The van der Waals surface area contributed by atoms with Crippen LogP contribution in [0.1, 0.15) is 32.2 Å². The Morgan fingerprint density at radius 1 is 1.31 bits per heavy atom. The van der Waals surface area contributed by atoms with Gasteiger partial charge in [-0.1, -0.05) is 27.0 Å². The van der Waals surface area contributed by atoms with Crippen molar-refractivity contribution in [2.24, 2.45) is 0 Å². The second-order valence-corrected chi connectivity index (χ2v) is 2.27. The fraction of sp³-hybridized carbons (Fsp3) is 0.273. The normalized spacial score (nSPS) is 8.23. The molecule has 70 valence electrons. The highest BCUT2D eigenvalue weighted by atomic mass is 14.8. The molecule has 0 amide bonds. The zero-order valence-corrected chi connectivity index (χ0v) is 8.54. The molecular weight excluding hydrogens is 160 g/mol. The first-order valence-corrected chi connectivity index (χ1v) is 4.35. The minimum atomic E-state index is 0.792. The van der Waals surface area contributed by atoms with Gasteiger partial charge in [-0.05, 0) is 18.6 Å². The van der Waals surface area contributed by atoms with Crippen LogP contribution < -0.4 is 0 Å². The molecule has 0 fully saturated rings. The van der Waals surface area contributed by atoms with Crippen LogP contribution in [0.5, 0.6) is 0 Å². The van der Waals surface area contributed by atoms with Gasteiger partial charge in [0.15, 0.2) is 0 Å². The van der Waals surface area contributed by atoms with E-state index in [0.717, 1.165) is 17.0 Å². The monoisotopic (exact) mass is 176 g/mol. The summed E-state index contributed by atoms with van der Waals surface area (Å²) in [6, 6.07) is 0. The van der Waals surface area contributed by atoms with E-state index in [1.165, 1.54) is 0 Å². The minimum absolute atomic E-state index is 0.792. The topological polar surface area (TPSA) is 25.8 Å². The van der Waals surface area contributed by atoms with E-state index in [0.29, 0.717) is 0 Å². The van der Waals surface area contributed by atoms with Gasteiger partial charge < -0.3 is 0 Å². The van der Waals surface area contributed by atoms with Crippen molar-refractivity contribution in [3.05, 3.63) is 36.9 Å². The molecule has 0 radical (unpaired) electrons. The fourth-order valence-corrected chi connectivity index (χ4v) is 0.827. The number of nitrogens with zero attached hydrogens (tertiary/aromatic N) is 2. The largest absolute Gasteiger partial charge is 0.253 e.